The van der Waals surface area contributed by atoms with Crippen molar-refractivity contribution >= 4 is 11.8 Å². The van der Waals surface area contributed by atoms with Crippen LogP contribution in [0.4, 0.5) is 23.7 Å². The van der Waals surface area contributed by atoms with E-state index in [9.17, 15) is 23.1 Å². The largest absolute Gasteiger partial charge is 0.465 e. The monoisotopic (exact) mass is 350 g/mol. The van der Waals surface area contributed by atoms with Gasteiger partial charge in [-0.1, -0.05) is 0 Å². The molecule has 0 spiro atoms. The van der Waals surface area contributed by atoms with Gasteiger partial charge >= 0.3 is 12.3 Å². The second-order valence-corrected chi connectivity index (χ2v) is 5.99. The van der Waals surface area contributed by atoms with Crippen molar-refractivity contribution in [1.29, 1.82) is 0 Å². The average Bonchev–Trinajstić information content (AvgIpc) is 2.41. The van der Waals surface area contributed by atoms with Gasteiger partial charge in [0.1, 0.15) is 5.69 Å². The number of aromatic nitrogens is 1. The van der Waals surface area contributed by atoms with Crippen LogP contribution < -0.4 is 4.90 Å². The number of halogens is 3. The molecular formula is C15H21F3N2O4. The lowest BCUT2D eigenvalue weighted by atomic mass is 10.0. The number of hydrogen-bond acceptors (Lipinski definition) is 4. The summed E-state index contributed by atoms with van der Waals surface area (Å²) < 4.78 is 48.7. The molecule has 1 N–H and O–H groups in total. The van der Waals surface area contributed by atoms with Crippen LogP contribution >= 0.6 is 0 Å². The van der Waals surface area contributed by atoms with E-state index in [1.165, 1.54) is 7.11 Å². The first kappa shape index (κ1) is 20.2. The zero-order valence-electron chi connectivity index (χ0n) is 14.0. The summed E-state index contributed by atoms with van der Waals surface area (Å²) in [5, 5.41) is 9.44. The van der Waals surface area contributed by atoms with Crippen LogP contribution in [0.3, 0.4) is 0 Å². The Bertz CT molecular complexity index is 571. The van der Waals surface area contributed by atoms with E-state index in [0.29, 0.717) is 0 Å². The Morgan fingerprint density at radius 2 is 1.88 bits per heavy atom. The molecule has 9 heteroatoms. The number of carboxylic acid groups (broad SMARTS) is 1. The first-order valence-corrected chi connectivity index (χ1v) is 7.15. The molecule has 0 bridgehead atoms. The number of rotatable bonds is 6. The summed E-state index contributed by atoms with van der Waals surface area (Å²) in [5.74, 6) is 0. The molecule has 1 aromatic rings. The first-order chi connectivity index (χ1) is 11.0. The number of carbonyl (C=O) groups is 1. The van der Waals surface area contributed by atoms with Crippen molar-refractivity contribution in [2.24, 2.45) is 0 Å². The van der Waals surface area contributed by atoms with Crippen molar-refractivity contribution in [2.75, 3.05) is 25.2 Å². The van der Waals surface area contributed by atoms with E-state index < -0.39 is 23.5 Å². The molecule has 1 heterocycles. The number of methoxy groups -OCH3 is 1. The highest BCUT2D eigenvalue weighted by atomic mass is 19.4. The quantitative estimate of drug-likeness (QED) is 0.795. The Labute approximate surface area is 138 Å². The Kier molecular flexibility index (Phi) is 6.56. The fourth-order valence-electron chi connectivity index (χ4n) is 2.02. The minimum atomic E-state index is -4.63. The van der Waals surface area contributed by atoms with Gasteiger partial charge in [0.15, 0.2) is 0 Å². The molecule has 0 atom stereocenters. The molecule has 136 valence electrons. The third kappa shape index (κ3) is 5.34. The molecule has 0 saturated carbocycles. The summed E-state index contributed by atoms with van der Waals surface area (Å²) in [4.78, 5) is 16.1. The first-order valence-electron chi connectivity index (χ1n) is 7.15. The van der Waals surface area contributed by atoms with Crippen LogP contribution in [-0.4, -0.2) is 42.0 Å². The molecule has 24 heavy (non-hydrogen) atoms. The van der Waals surface area contributed by atoms with Gasteiger partial charge in [-0.05, 0) is 32.9 Å². The Morgan fingerprint density at radius 3 is 2.33 bits per heavy atom. The molecule has 0 aliphatic rings. The fraction of sp³-hybridized carbons (Fsp3) is 0.600. The van der Waals surface area contributed by atoms with Crippen molar-refractivity contribution < 1.29 is 32.5 Å². The molecule has 1 amide bonds. The van der Waals surface area contributed by atoms with Crippen LogP contribution in [-0.2, 0) is 22.3 Å². The van der Waals surface area contributed by atoms with E-state index in [1.54, 1.807) is 20.8 Å². The molecule has 0 aliphatic carbocycles. The highest BCUT2D eigenvalue weighted by molar-refractivity contribution is 5.88. The second kappa shape index (κ2) is 7.80. The zero-order valence-corrected chi connectivity index (χ0v) is 14.0. The van der Waals surface area contributed by atoms with Crippen molar-refractivity contribution in [1.82, 2.24) is 4.98 Å². The van der Waals surface area contributed by atoms with Crippen LogP contribution in [0.5, 0.6) is 0 Å². The lowest BCUT2D eigenvalue weighted by Crippen LogP contribution is -2.46. The number of hydrogen-bond donors (Lipinski definition) is 1. The number of pyridine rings is 1. The lowest BCUT2D eigenvalue weighted by Gasteiger charge is -2.34. The van der Waals surface area contributed by atoms with Crippen molar-refractivity contribution in [3.05, 3.63) is 23.5 Å². The van der Waals surface area contributed by atoms with Crippen LogP contribution in [0.1, 0.15) is 32.2 Å². The fourth-order valence-corrected chi connectivity index (χ4v) is 2.02. The summed E-state index contributed by atoms with van der Waals surface area (Å²) in [6.07, 6.45) is -5.92. The highest BCUT2D eigenvalue weighted by Gasteiger charge is 2.35. The van der Waals surface area contributed by atoms with Gasteiger partial charge in [0.2, 0.25) is 0 Å². The number of ether oxygens (including phenoxy) is 2. The molecule has 0 aliphatic heterocycles. The average molecular weight is 350 g/mol. The van der Waals surface area contributed by atoms with E-state index >= 15 is 0 Å². The van der Waals surface area contributed by atoms with E-state index in [4.69, 9.17) is 9.47 Å². The van der Waals surface area contributed by atoms with Gasteiger partial charge in [0.25, 0.3) is 0 Å². The topological polar surface area (TPSA) is 71.9 Å². The van der Waals surface area contributed by atoms with Gasteiger partial charge < -0.3 is 14.6 Å². The Morgan fingerprint density at radius 1 is 1.25 bits per heavy atom. The second-order valence-electron chi connectivity index (χ2n) is 5.99. The van der Waals surface area contributed by atoms with Gasteiger partial charge in [-0.15, -0.1) is 0 Å². The molecule has 0 saturated heterocycles. The van der Waals surface area contributed by atoms with Crippen LogP contribution in [0.15, 0.2) is 12.1 Å². The van der Waals surface area contributed by atoms with Gasteiger partial charge in [-0.2, -0.15) is 13.2 Å². The van der Waals surface area contributed by atoms with Gasteiger partial charge in [-0.3, -0.25) is 4.90 Å². The minimum absolute atomic E-state index is 0.0559. The van der Waals surface area contributed by atoms with Crippen molar-refractivity contribution in [2.45, 2.75) is 39.1 Å². The zero-order chi connectivity index (χ0) is 18.5. The molecule has 0 unspecified atom stereocenters. The van der Waals surface area contributed by atoms with Crippen LogP contribution in [0.25, 0.3) is 0 Å². The third-order valence-electron chi connectivity index (χ3n) is 3.01. The summed E-state index contributed by atoms with van der Waals surface area (Å²) in [7, 11) is 1.46. The third-order valence-corrected chi connectivity index (χ3v) is 3.01. The molecule has 1 aromatic heterocycles. The van der Waals surface area contributed by atoms with Crippen molar-refractivity contribution in [3.63, 3.8) is 0 Å². The summed E-state index contributed by atoms with van der Waals surface area (Å²) in [5.41, 5.74) is -2.01. The van der Waals surface area contributed by atoms with Gasteiger partial charge in [-0.25, -0.2) is 9.78 Å². The normalized spacial score (nSPS) is 12.3. The van der Waals surface area contributed by atoms with Crippen LogP contribution in [0, 0.1) is 0 Å². The highest BCUT2D eigenvalue weighted by Crippen LogP contribution is 2.33. The number of alkyl halides is 3. The van der Waals surface area contributed by atoms with E-state index in [1.807, 2.05) is 0 Å². The Balaban J connectivity index is 3.28. The molecule has 1 rings (SSSR count). The number of nitrogens with zero attached hydrogens (tertiary/aromatic N) is 2. The predicted octanol–water partition coefficient (Wildman–Crippen LogP) is 3.55. The summed E-state index contributed by atoms with van der Waals surface area (Å²) in [6.45, 7) is 5.05. The summed E-state index contributed by atoms with van der Waals surface area (Å²) >= 11 is 0. The Hall–Kier alpha value is -1.87. The lowest BCUT2D eigenvalue weighted by molar-refractivity contribution is -0.141. The molecule has 0 fully saturated rings. The maximum absolute atomic E-state index is 12.9. The number of anilines is 1. The number of amides is 1. The summed E-state index contributed by atoms with van der Waals surface area (Å²) in [6, 6.07) is 1.86. The smallest absolute Gasteiger partial charge is 0.433 e. The van der Waals surface area contributed by atoms with E-state index in [2.05, 4.69) is 4.98 Å². The molecule has 0 radical (unpaired) electrons. The minimum Gasteiger partial charge on any atom is -0.465 e. The predicted molar refractivity (Wildman–Crippen MR) is 81.0 cm³/mol. The van der Waals surface area contributed by atoms with Gasteiger partial charge in [0.05, 0.1) is 31.2 Å². The van der Waals surface area contributed by atoms with E-state index in [0.717, 1.165) is 17.0 Å². The maximum atomic E-state index is 12.9. The maximum Gasteiger partial charge on any atom is 0.433 e. The van der Waals surface area contributed by atoms with E-state index in [-0.39, 0.29) is 31.2 Å². The van der Waals surface area contributed by atoms with Crippen LogP contribution in [0.2, 0.25) is 0 Å². The molecule has 6 nitrogen and oxygen atoms in total. The van der Waals surface area contributed by atoms with Crippen molar-refractivity contribution in [3.8, 4) is 0 Å². The molecular weight excluding hydrogens is 329 g/mol. The SMILES string of the molecule is COCCOCc1nc(C(F)(F)F)ccc1N(C(=O)O)C(C)(C)C. The standard InChI is InChI=1S/C15H21F3N2O4/c1-14(2,3)20(13(21)22)11-5-6-12(15(16,17)18)19-10(11)9-24-8-7-23-4/h5-6H,7-9H2,1-4H3,(H,21,22). The molecule has 0 aromatic carbocycles. The van der Waals surface area contributed by atoms with Gasteiger partial charge in [0, 0.05) is 12.6 Å².